The van der Waals surface area contributed by atoms with E-state index in [2.05, 4.69) is 15.5 Å². The lowest BCUT2D eigenvalue weighted by atomic mass is 10.2. The number of benzene rings is 2. The van der Waals surface area contributed by atoms with Gasteiger partial charge in [-0.25, -0.2) is 8.42 Å². The number of nitrogens with one attached hydrogen (secondary N) is 1. The van der Waals surface area contributed by atoms with E-state index in [1.54, 1.807) is 24.3 Å². The highest BCUT2D eigenvalue weighted by Gasteiger charge is 2.38. The maximum absolute atomic E-state index is 13.4. The SMILES string of the molecule is CSc1nnc(NC(=O)C2CN(S(=O)(=O)c3ccc(C)cc3)c3cc(Cl)ccc3O2)s1. The summed E-state index contributed by atoms with van der Waals surface area (Å²) in [5.74, 6) is -0.276. The van der Waals surface area contributed by atoms with Crippen molar-refractivity contribution in [2.24, 2.45) is 0 Å². The molecule has 2 heterocycles. The topological polar surface area (TPSA) is 101 Å². The first-order chi connectivity index (χ1) is 14.8. The number of halogens is 1. The van der Waals surface area contributed by atoms with Crippen LogP contribution in [-0.4, -0.2) is 43.4 Å². The standard InChI is InChI=1S/C19H17ClN4O4S3/c1-11-3-6-13(7-4-11)31(26,27)24-10-16(28-15-8-5-12(20)9-14(15)24)17(25)21-18-22-23-19(29-2)30-18/h3-9,16H,10H2,1-2H3,(H,21,22,25). The van der Waals surface area contributed by atoms with E-state index in [1.165, 1.54) is 41.3 Å². The molecule has 2 aromatic carbocycles. The van der Waals surface area contributed by atoms with Gasteiger partial charge >= 0.3 is 0 Å². The second kappa shape index (κ2) is 8.65. The van der Waals surface area contributed by atoms with E-state index in [-0.39, 0.29) is 22.9 Å². The Morgan fingerprint density at radius 3 is 2.68 bits per heavy atom. The van der Waals surface area contributed by atoms with Gasteiger partial charge in [-0.15, -0.1) is 10.2 Å². The highest BCUT2D eigenvalue weighted by atomic mass is 35.5. The lowest BCUT2D eigenvalue weighted by Gasteiger charge is -2.34. The zero-order chi connectivity index (χ0) is 22.2. The van der Waals surface area contributed by atoms with Crippen LogP contribution in [0.1, 0.15) is 5.56 Å². The van der Waals surface area contributed by atoms with Gasteiger partial charge in [-0.1, -0.05) is 52.4 Å². The zero-order valence-electron chi connectivity index (χ0n) is 16.4. The average molecular weight is 497 g/mol. The number of ether oxygens (including phenoxy) is 1. The Kier molecular flexibility index (Phi) is 6.11. The number of anilines is 2. The maximum atomic E-state index is 13.4. The van der Waals surface area contributed by atoms with Crippen molar-refractivity contribution < 1.29 is 17.9 Å². The molecule has 0 spiro atoms. The van der Waals surface area contributed by atoms with Crippen LogP contribution in [0.15, 0.2) is 51.7 Å². The lowest BCUT2D eigenvalue weighted by molar-refractivity contribution is -0.122. The van der Waals surface area contributed by atoms with Crippen LogP contribution in [0.2, 0.25) is 5.02 Å². The number of amides is 1. The molecule has 1 aliphatic rings. The molecule has 1 amide bonds. The second-order valence-corrected chi connectivity index (χ2v) is 11.0. The van der Waals surface area contributed by atoms with Crippen molar-refractivity contribution in [3.8, 4) is 5.75 Å². The van der Waals surface area contributed by atoms with Gasteiger partial charge in [-0.2, -0.15) is 0 Å². The number of aromatic nitrogens is 2. The molecule has 12 heteroatoms. The Hall–Kier alpha value is -2.34. The van der Waals surface area contributed by atoms with Crippen LogP contribution < -0.4 is 14.4 Å². The van der Waals surface area contributed by atoms with Crippen molar-refractivity contribution in [2.45, 2.75) is 22.3 Å². The van der Waals surface area contributed by atoms with Crippen LogP contribution in [0.3, 0.4) is 0 Å². The van der Waals surface area contributed by atoms with Crippen LogP contribution in [0, 0.1) is 6.92 Å². The summed E-state index contributed by atoms with van der Waals surface area (Å²) in [6.07, 6.45) is 0.766. The number of hydrogen-bond donors (Lipinski definition) is 1. The Bertz CT molecular complexity index is 1230. The molecule has 162 valence electrons. The fourth-order valence-corrected chi connectivity index (χ4v) is 5.76. The predicted molar refractivity (Wildman–Crippen MR) is 122 cm³/mol. The molecular formula is C19H17ClN4O4S3. The average Bonchev–Trinajstić information content (AvgIpc) is 3.20. The van der Waals surface area contributed by atoms with Crippen molar-refractivity contribution in [1.29, 1.82) is 0 Å². The molecule has 0 aliphatic carbocycles. The molecule has 1 aliphatic heterocycles. The third kappa shape index (κ3) is 4.49. The van der Waals surface area contributed by atoms with Gasteiger partial charge in [0.05, 0.1) is 17.1 Å². The molecule has 0 saturated heterocycles. The minimum absolute atomic E-state index is 0.110. The summed E-state index contributed by atoms with van der Waals surface area (Å²) in [7, 11) is -3.96. The van der Waals surface area contributed by atoms with Crippen molar-refractivity contribution in [3.63, 3.8) is 0 Å². The third-order valence-electron chi connectivity index (χ3n) is 4.50. The molecule has 3 aromatic rings. The molecule has 0 fully saturated rings. The number of fused-ring (bicyclic) bond motifs is 1. The van der Waals surface area contributed by atoms with Crippen molar-refractivity contribution >= 4 is 61.4 Å². The first kappa shape index (κ1) is 21.9. The summed E-state index contributed by atoms with van der Waals surface area (Å²) in [5, 5.41) is 11.2. The van der Waals surface area contributed by atoms with E-state index in [4.69, 9.17) is 16.3 Å². The van der Waals surface area contributed by atoms with E-state index in [1.807, 2.05) is 13.2 Å². The van der Waals surface area contributed by atoms with Crippen LogP contribution in [-0.2, 0) is 14.8 Å². The minimum Gasteiger partial charge on any atom is -0.476 e. The van der Waals surface area contributed by atoms with E-state index in [9.17, 15) is 13.2 Å². The number of carbonyl (C=O) groups is 1. The first-order valence-electron chi connectivity index (χ1n) is 9.02. The predicted octanol–water partition coefficient (Wildman–Crippen LogP) is 3.82. The highest BCUT2D eigenvalue weighted by Crippen LogP contribution is 2.39. The summed E-state index contributed by atoms with van der Waals surface area (Å²) in [6.45, 7) is 1.65. The fourth-order valence-electron chi connectivity index (χ4n) is 2.95. The molecule has 1 atom stereocenters. The quantitative estimate of drug-likeness (QED) is 0.423. The Morgan fingerprint density at radius 2 is 2.00 bits per heavy atom. The van der Waals surface area contributed by atoms with Gasteiger partial charge < -0.3 is 4.74 Å². The molecule has 1 unspecified atom stereocenters. The number of nitrogens with zero attached hydrogens (tertiary/aromatic N) is 3. The van der Waals surface area contributed by atoms with Crippen LogP contribution >= 0.6 is 34.7 Å². The molecule has 4 rings (SSSR count). The lowest BCUT2D eigenvalue weighted by Crippen LogP contribution is -2.48. The fraction of sp³-hybridized carbons (Fsp3) is 0.211. The largest absolute Gasteiger partial charge is 0.476 e. The van der Waals surface area contributed by atoms with Gasteiger partial charge in [-0.05, 0) is 43.5 Å². The Labute approximate surface area is 192 Å². The van der Waals surface area contributed by atoms with Gasteiger partial charge in [0.25, 0.3) is 15.9 Å². The molecule has 1 N–H and O–H groups in total. The summed E-state index contributed by atoms with van der Waals surface area (Å²) < 4.78 is 34.5. The molecule has 0 radical (unpaired) electrons. The van der Waals surface area contributed by atoms with Crippen LogP contribution in [0.5, 0.6) is 5.75 Å². The molecular weight excluding hydrogens is 480 g/mol. The minimum atomic E-state index is -3.96. The zero-order valence-corrected chi connectivity index (χ0v) is 19.6. The van der Waals surface area contributed by atoms with Crippen LogP contribution in [0.25, 0.3) is 0 Å². The number of rotatable bonds is 5. The van der Waals surface area contributed by atoms with Gasteiger partial charge in [0, 0.05) is 5.02 Å². The third-order valence-corrected chi connectivity index (χ3v) is 8.35. The molecule has 8 nitrogen and oxygen atoms in total. The number of sulfonamides is 1. The van der Waals surface area contributed by atoms with Crippen LogP contribution in [0.4, 0.5) is 10.8 Å². The van der Waals surface area contributed by atoms with Gasteiger partial charge in [0.1, 0.15) is 5.75 Å². The van der Waals surface area contributed by atoms with Gasteiger partial charge in [-0.3, -0.25) is 14.4 Å². The maximum Gasteiger partial charge on any atom is 0.269 e. The first-order valence-corrected chi connectivity index (χ1v) is 12.9. The molecule has 0 bridgehead atoms. The number of carbonyl (C=O) groups excluding carboxylic acids is 1. The summed E-state index contributed by atoms with van der Waals surface area (Å²) in [4.78, 5) is 13.0. The van der Waals surface area contributed by atoms with Gasteiger partial charge in [0.15, 0.2) is 10.4 Å². The Morgan fingerprint density at radius 1 is 1.26 bits per heavy atom. The normalized spacial score (nSPS) is 15.8. The van der Waals surface area contributed by atoms with Gasteiger partial charge in [0.2, 0.25) is 5.13 Å². The molecule has 0 saturated carbocycles. The van der Waals surface area contributed by atoms with Crippen molar-refractivity contribution in [3.05, 3.63) is 53.1 Å². The Balaban J connectivity index is 1.68. The number of thioether (sulfide) groups is 1. The van der Waals surface area contributed by atoms with E-state index in [0.717, 1.165) is 9.87 Å². The summed E-state index contributed by atoms with van der Waals surface area (Å²) in [5.41, 5.74) is 1.21. The van der Waals surface area contributed by atoms with E-state index >= 15 is 0 Å². The van der Waals surface area contributed by atoms with E-state index < -0.39 is 22.0 Å². The number of hydrogen-bond acceptors (Lipinski definition) is 8. The van der Waals surface area contributed by atoms with E-state index in [0.29, 0.717) is 14.5 Å². The second-order valence-electron chi connectivity index (χ2n) is 6.63. The summed E-state index contributed by atoms with van der Waals surface area (Å²) >= 11 is 8.74. The van der Waals surface area contributed by atoms with Crippen molar-refractivity contribution in [2.75, 3.05) is 22.4 Å². The monoisotopic (exact) mass is 496 g/mol. The molecule has 31 heavy (non-hydrogen) atoms. The smallest absolute Gasteiger partial charge is 0.269 e. The van der Waals surface area contributed by atoms with Crippen molar-refractivity contribution in [1.82, 2.24) is 10.2 Å². The highest BCUT2D eigenvalue weighted by molar-refractivity contribution is 8.00. The number of aryl methyl sites for hydroxylation is 1. The molecule has 1 aromatic heterocycles. The summed E-state index contributed by atoms with van der Waals surface area (Å²) in [6, 6.07) is 11.1.